The number of rotatable bonds is 5. The maximum Gasteiger partial charge on any atom is 0.305 e. The van der Waals surface area contributed by atoms with E-state index in [0.29, 0.717) is 23.5 Å². The largest absolute Gasteiger partial charge is 0.493 e. The highest BCUT2D eigenvalue weighted by molar-refractivity contribution is 6.00. The summed E-state index contributed by atoms with van der Waals surface area (Å²) < 4.78 is 17.1. The summed E-state index contributed by atoms with van der Waals surface area (Å²) in [5, 5.41) is 0.857. The van der Waals surface area contributed by atoms with Gasteiger partial charge in [0.2, 0.25) is 0 Å². The molecule has 2 N–H and O–H groups in total. The van der Waals surface area contributed by atoms with Crippen molar-refractivity contribution in [3.63, 3.8) is 0 Å². The van der Waals surface area contributed by atoms with Gasteiger partial charge in [-0.15, -0.1) is 0 Å². The summed E-state index contributed by atoms with van der Waals surface area (Å²) in [5.41, 5.74) is 7.91. The second kappa shape index (κ2) is 8.55. The van der Waals surface area contributed by atoms with E-state index >= 15 is 0 Å². The second-order valence-electron chi connectivity index (χ2n) is 7.39. The summed E-state index contributed by atoms with van der Waals surface area (Å²) in [4.78, 5) is 24.7. The lowest BCUT2D eigenvalue weighted by atomic mass is 10.1. The molecule has 1 atom stereocenters. The van der Waals surface area contributed by atoms with Gasteiger partial charge in [0.1, 0.15) is 23.2 Å². The number of nitrogens with one attached hydrogen (secondary N) is 2. The van der Waals surface area contributed by atoms with Crippen LogP contribution >= 0.6 is 0 Å². The van der Waals surface area contributed by atoms with Crippen molar-refractivity contribution in [3.8, 4) is 11.5 Å². The number of benzene rings is 2. The van der Waals surface area contributed by atoms with E-state index in [2.05, 4.69) is 10.9 Å². The lowest BCUT2D eigenvalue weighted by Gasteiger charge is -2.10. The van der Waals surface area contributed by atoms with E-state index in [1.54, 1.807) is 19.1 Å². The smallest absolute Gasteiger partial charge is 0.305 e. The number of carbonyl (C=O) groups excluding carboxylic acids is 2. The number of hydrogen-bond donors (Lipinski definition) is 2. The molecule has 160 valence electrons. The predicted molar refractivity (Wildman–Crippen MR) is 117 cm³/mol. The molecule has 7 nitrogen and oxygen atoms in total. The molecular formula is C24H24N2O5. The van der Waals surface area contributed by atoms with E-state index in [4.69, 9.17) is 13.9 Å². The van der Waals surface area contributed by atoms with Gasteiger partial charge in [-0.05, 0) is 45.0 Å². The Kier molecular flexibility index (Phi) is 5.66. The standard InChI is InChI=1S/C24H24N2O5/c1-4-29-20-13-17-11-14(2)30-21(17)12-16(20)9-10-22(27)25-26-24(28)23-15(3)18-7-5-6-8-19(18)31-23/h5-10,12-14H,4,11H2,1-3H3,(H,25,27)(H,26,28)/b10-9+/t14-/m1/s1. The fraction of sp³-hybridized carbons (Fsp3) is 0.250. The van der Waals surface area contributed by atoms with Crippen LogP contribution in [-0.2, 0) is 11.2 Å². The van der Waals surface area contributed by atoms with Crippen molar-refractivity contribution in [2.75, 3.05) is 6.61 Å². The van der Waals surface area contributed by atoms with Crippen LogP contribution < -0.4 is 20.3 Å². The molecule has 2 heterocycles. The Morgan fingerprint density at radius 3 is 2.81 bits per heavy atom. The normalized spacial score (nSPS) is 15.0. The third-order valence-electron chi connectivity index (χ3n) is 5.09. The number of para-hydroxylation sites is 1. The van der Waals surface area contributed by atoms with Crippen LogP contribution in [0.3, 0.4) is 0 Å². The Balaban J connectivity index is 1.43. The lowest BCUT2D eigenvalue weighted by Crippen LogP contribution is -2.40. The number of hydrazine groups is 1. The highest BCUT2D eigenvalue weighted by Gasteiger charge is 2.21. The highest BCUT2D eigenvalue weighted by atomic mass is 16.5. The van der Waals surface area contributed by atoms with Crippen LogP contribution in [0.15, 0.2) is 46.9 Å². The summed E-state index contributed by atoms with van der Waals surface area (Å²) in [6.45, 7) is 6.22. The Morgan fingerprint density at radius 1 is 1.23 bits per heavy atom. The zero-order valence-corrected chi connectivity index (χ0v) is 17.7. The molecule has 4 rings (SSSR count). The maximum atomic E-state index is 12.4. The summed E-state index contributed by atoms with van der Waals surface area (Å²) in [6, 6.07) is 11.2. The Hall–Kier alpha value is -3.74. The van der Waals surface area contributed by atoms with Gasteiger partial charge in [0, 0.05) is 34.6 Å². The Bertz CT molecular complexity index is 1180. The molecule has 31 heavy (non-hydrogen) atoms. The number of aryl methyl sites for hydroxylation is 1. The average Bonchev–Trinajstić information content (AvgIpc) is 3.29. The number of ether oxygens (including phenoxy) is 2. The molecule has 0 saturated carbocycles. The van der Waals surface area contributed by atoms with E-state index in [1.165, 1.54) is 6.08 Å². The fourth-order valence-corrected chi connectivity index (χ4v) is 3.64. The van der Waals surface area contributed by atoms with Gasteiger partial charge < -0.3 is 13.9 Å². The first kappa shape index (κ1) is 20.5. The van der Waals surface area contributed by atoms with Crippen molar-refractivity contribution in [2.24, 2.45) is 0 Å². The zero-order valence-electron chi connectivity index (χ0n) is 17.7. The minimum Gasteiger partial charge on any atom is -0.493 e. The van der Waals surface area contributed by atoms with E-state index < -0.39 is 11.8 Å². The SMILES string of the molecule is CCOc1cc2c(cc1/C=C/C(=O)NNC(=O)c1oc3ccccc3c1C)O[C@H](C)C2. The van der Waals surface area contributed by atoms with Crippen LogP contribution in [0.5, 0.6) is 11.5 Å². The summed E-state index contributed by atoms with van der Waals surface area (Å²) >= 11 is 0. The van der Waals surface area contributed by atoms with Crippen molar-refractivity contribution in [1.82, 2.24) is 10.9 Å². The molecule has 0 saturated heterocycles. The molecule has 0 unspecified atom stereocenters. The van der Waals surface area contributed by atoms with Crippen LogP contribution in [0, 0.1) is 6.92 Å². The molecule has 0 bridgehead atoms. The van der Waals surface area contributed by atoms with Crippen LogP contribution in [-0.4, -0.2) is 24.5 Å². The molecule has 1 aliphatic rings. The average molecular weight is 420 g/mol. The first-order valence-corrected chi connectivity index (χ1v) is 10.2. The molecule has 0 spiro atoms. The minimum atomic E-state index is -0.523. The van der Waals surface area contributed by atoms with Gasteiger partial charge in [-0.1, -0.05) is 18.2 Å². The predicted octanol–water partition coefficient (Wildman–Crippen LogP) is 3.94. The quantitative estimate of drug-likeness (QED) is 0.482. The number of fused-ring (bicyclic) bond motifs is 2. The highest BCUT2D eigenvalue weighted by Crippen LogP contribution is 2.35. The minimum absolute atomic E-state index is 0.115. The molecule has 0 radical (unpaired) electrons. The first-order chi connectivity index (χ1) is 15.0. The maximum absolute atomic E-state index is 12.4. The van der Waals surface area contributed by atoms with Crippen molar-refractivity contribution < 1.29 is 23.5 Å². The van der Waals surface area contributed by atoms with Crippen LogP contribution in [0.2, 0.25) is 0 Å². The number of carbonyl (C=O) groups is 2. The van der Waals surface area contributed by atoms with E-state index in [9.17, 15) is 9.59 Å². The van der Waals surface area contributed by atoms with Gasteiger partial charge in [0.05, 0.1) is 6.61 Å². The van der Waals surface area contributed by atoms with Crippen LogP contribution in [0.1, 0.15) is 41.1 Å². The number of amides is 2. The molecule has 0 fully saturated rings. The monoisotopic (exact) mass is 420 g/mol. The zero-order chi connectivity index (χ0) is 22.0. The van der Waals surface area contributed by atoms with Gasteiger partial charge in [0.25, 0.3) is 5.91 Å². The van der Waals surface area contributed by atoms with Crippen LogP contribution in [0.25, 0.3) is 17.0 Å². The van der Waals surface area contributed by atoms with Crippen molar-refractivity contribution in [2.45, 2.75) is 33.3 Å². The molecular weight excluding hydrogens is 396 g/mol. The first-order valence-electron chi connectivity index (χ1n) is 10.2. The van der Waals surface area contributed by atoms with E-state index in [0.717, 1.165) is 28.7 Å². The van der Waals surface area contributed by atoms with Crippen molar-refractivity contribution >= 4 is 28.9 Å². The van der Waals surface area contributed by atoms with E-state index in [1.807, 2.05) is 44.2 Å². The third-order valence-corrected chi connectivity index (χ3v) is 5.09. The fourth-order valence-electron chi connectivity index (χ4n) is 3.64. The van der Waals surface area contributed by atoms with Gasteiger partial charge in [-0.3, -0.25) is 20.4 Å². The van der Waals surface area contributed by atoms with Gasteiger partial charge >= 0.3 is 5.91 Å². The van der Waals surface area contributed by atoms with Gasteiger partial charge in [-0.2, -0.15) is 0 Å². The summed E-state index contributed by atoms with van der Waals surface area (Å²) in [6.07, 6.45) is 3.90. The molecule has 2 aromatic carbocycles. The number of furan rings is 1. The van der Waals surface area contributed by atoms with Gasteiger partial charge in [0.15, 0.2) is 5.76 Å². The molecule has 7 heteroatoms. The van der Waals surface area contributed by atoms with Crippen LogP contribution in [0.4, 0.5) is 0 Å². The second-order valence-corrected chi connectivity index (χ2v) is 7.39. The Morgan fingerprint density at radius 2 is 2.03 bits per heavy atom. The molecule has 2 amide bonds. The topological polar surface area (TPSA) is 89.8 Å². The Labute approximate surface area is 180 Å². The summed E-state index contributed by atoms with van der Waals surface area (Å²) in [5.74, 6) is 0.633. The molecule has 0 aliphatic carbocycles. The van der Waals surface area contributed by atoms with Gasteiger partial charge in [-0.25, -0.2) is 0 Å². The summed E-state index contributed by atoms with van der Waals surface area (Å²) in [7, 11) is 0. The molecule has 3 aromatic rings. The number of hydrogen-bond acceptors (Lipinski definition) is 5. The van der Waals surface area contributed by atoms with Crippen molar-refractivity contribution in [1.29, 1.82) is 0 Å². The van der Waals surface area contributed by atoms with E-state index in [-0.39, 0.29) is 11.9 Å². The molecule has 1 aliphatic heterocycles. The van der Waals surface area contributed by atoms with Crippen molar-refractivity contribution in [3.05, 3.63) is 64.9 Å². The third kappa shape index (κ3) is 4.26. The molecule has 1 aromatic heterocycles. The lowest BCUT2D eigenvalue weighted by molar-refractivity contribution is -0.117.